The van der Waals surface area contributed by atoms with E-state index < -0.39 is 0 Å². The standard InChI is InChI=1S/C21H26O3/c1-14(2)10-16-11-18(15-8-6-5-7-9-15)24-20-13-17(22-3)12-19(23-4)21(16)20/h5-9,12-14,16,18H,10-11H2,1-4H3/t16-,18-/m0/s1. The van der Waals surface area contributed by atoms with Crippen LogP contribution in [-0.4, -0.2) is 14.2 Å². The smallest absolute Gasteiger partial charge is 0.131 e. The van der Waals surface area contributed by atoms with Crippen LogP contribution in [0.25, 0.3) is 0 Å². The molecule has 3 nitrogen and oxygen atoms in total. The largest absolute Gasteiger partial charge is 0.496 e. The summed E-state index contributed by atoms with van der Waals surface area (Å²) in [5, 5.41) is 0. The average molecular weight is 326 g/mol. The molecule has 1 aliphatic heterocycles. The summed E-state index contributed by atoms with van der Waals surface area (Å²) in [4.78, 5) is 0. The highest BCUT2D eigenvalue weighted by Crippen LogP contribution is 2.50. The molecule has 2 atom stereocenters. The van der Waals surface area contributed by atoms with Crippen molar-refractivity contribution in [2.24, 2.45) is 5.92 Å². The van der Waals surface area contributed by atoms with Crippen molar-refractivity contribution < 1.29 is 14.2 Å². The molecule has 3 heteroatoms. The van der Waals surface area contributed by atoms with E-state index >= 15 is 0 Å². The molecule has 0 saturated carbocycles. The summed E-state index contributed by atoms with van der Waals surface area (Å²) < 4.78 is 17.4. The Morgan fingerprint density at radius 2 is 1.83 bits per heavy atom. The van der Waals surface area contributed by atoms with Gasteiger partial charge in [0.2, 0.25) is 0 Å². The third-order valence-electron chi connectivity index (χ3n) is 4.64. The normalized spacial score (nSPS) is 19.5. The molecule has 128 valence electrons. The van der Waals surface area contributed by atoms with Crippen LogP contribution in [-0.2, 0) is 0 Å². The summed E-state index contributed by atoms with van der Waals surface area (Å²) in [6, 6.07) is 14.4. The van der Waals surface area contributed by atoms with Crippen LogP contribution < -0.4 is 14.2 Å². The molecule has 0 spiro atoms. The highest BCUT2D eigenvalue weighted by molar-refractivity contribution is 5.54. The van der Waals surface area contributed by atoms with Gasteiger partial charge >= 0.3 is 0 Å². The summed E-state index contributed by atoms with van der Waals surface area (Å²) >= 11 is 0. The van der Waals surface area contributed by atoms with E-state index in [0.29, 0.717) is 11.8 Å². The Labute approximate surface area is 144 Å². The van der Waals surface area contributed by atoms with E-state index in [4.69, 9.17) is 14.2 Å². The number of benzene rings is 2. The quantitative estimate of drug-likeness (QED) is 0.740. The first-order valence-corrected chi connectivity index (χ1v) is 8.59. The molecule has 0 fully saturated rings. The number of fused-ring (bicyclic) bond motifs is 1. The van der Waals surface area contributed by atoms with Crippen molar-refractivity contribution in [3.05, 3.63) is 53.6 Å². The lowest BCUT2D eigenvalue weighted by Gasteiger charge is -2.34. The maximum atomic E-state index is 6.35. The Morgan fingerprint density at radius 1 is 1.08 bits per heavy atom. The molecule has 0 aromatic heterocycles. The first-order valence-electron chi connectivity index (χ1n) is 8.59. The summed E-state index contributed by atoms with van der Waals surface area (Å²) in [7, 11) is 3.38. The molecule has 0 N–H and O–H groups in total. The molecule has 0 unspecified atom stereocenters. The molecular formula is C21H26O3. The predicted octanol–water partition coefficient (Wildman–Crippen LogP) is 5.36. The second-order valence-corrected chi connectivity index (χ2v) is 6.82. The third kappa shape index (κ3) is 3.35. The van der Waals surface area contributed by atoms with Gasteiger partial charge in [0.1, 0.15) is 23.4 Å². The SMILES string of the molecule is COc1cc(OC)c2c(c1)O[C@H](c1ccccc1)C[C@@H]2CC(C)C. The maximum absolute atomic E-state index is 6.35. The highest BCUT2D eigenvalue weighted by atomic mass is 16.5. The Balaban J connectivity index is 2.04. The maximum Gasteiger partial charge on any atom is 0.131 e. The van der Waals surface area contributed by atoms with Crippen LogP contribution in [0.2, 0.25) is 0 Å². The zero-order valence-electron chi connectivity index (χ0n) is 14.9. The molecule has 2 aromatic carbocycles. The number of methoxy groups -OCH3 is 2. The molecule has 0 amide bonds. The van der Waals surface area contributed by atoms with Crippen molar-refractivity contribution in [3.8, 4) is 17.2 Å². The zero-order valence-corrected chi connectivity index (χ0v) is 14.9. The van der Waals surface area contributed by atoms with E-state index in [1.54, 1.807) is 14.2 Å². The van der Waals surface area contributed by atoms with Gasteiger partial charge in [-0.3, -0.25) is 0 Å². The van der Waals surface area contributed by atoms with Gasteiger partial charge in [0, 0.05) is 17.7 Å². The van der Waals surface area contributed by atoms with Crippen molar-refractivity contribution >= 4 is 0 Å². The molecule has 0 bridgehead atoms. The van der Waals surface area contributed by atoms with Crippen LogP contribution in [0, 0.1) is 5.92 Å². The summed E-state index contributed by atoms with van der Waals surface area (Å²) in [6.45, 7) is 4.53. The van der Waals surface area contributed by atoms with E-state index in [0.717, 1.165) is 30.1 Å². The second kappa shape index (κ2) is 7.16. The molecule has 3 rings (SSSR count). The Morgan fingerprint density at radius 3 is 2.46 bits per heavy atom. The summed E-state index contributed by atoms with van der Waals surface area (Å²) in [6.07, 6.45) is 2.15. The van der Waals surface area contributed by atoms with E-state index in [-0.39, 0.29) is 6.10 Å². The molecule has 1 heterocycles. The lowest BCUT2D eigenvalue weighted by Crippen LogP contribution is -2.21. The van der Waals surface area contributed by atoms with Gasteiger partial charge in [0.15, 0.2) is 0 Å². The summed E-state index contributed by atoms with van der Waals surface area (Å²) in [5.41, 5.74) is 2.40. The zero-order chi connectivity index (χ0) is 17.1. The molecule has 0 radical (unpaired) electrons. The number of rotatable bonds is 5. The highest BCUT2D eigenvalue weighted by Gasteiger charge is 2.33. The third-order valence-corrected chi connectivity index (χ3v) is 4.64. The Kier molecular flexibility index (Phi) is 4.98. The van der Waals surface area contributed by atoms with Gasteiger partial charge in [-0.1, -0.05) is 44.2 Å². The van der Waals surface area contributed by atoms with Crippen LogP contribution in [0.15, 0.2) is 42.5 Å². The number of hydrogen-bond donors (Lipinski definition) is 0. The van der Waals surface area contributed by atoms with Gasteiger partial charge in [0.05, 0.1) is 14.2 Å². The van der Waals surface area contributed by atoms with Crippen LogP contribution in [0.1, 0.15) is 49.8 Å². The fourth-order valence-corrected chi connectivity index (χ4v) is 3.60. The second-order valence-electron chi connectivity index (χ2n) is 6.82. The van der Waals surface area contributed by atoms with Crippen LogP contribution in [0.5, 0.6) is 17.2 Å². The molecule has 1 aliphatic rings. The lowest BCUT2D eigenvalue weighted by molar-refractivity contribution is 0.151. The monoisotopic (exact) mass is 326 g/mol. The van der Waals surface area contributed by atoms with Gasteiger partial charge in [-0.05, 0) is 30.2 Å². The fourth-order valence-electron chi connectivity index (χ4n) is 3.60. The number of ether oxygens (including phenoxy) is 3. The topological polar surface area (TPSA) is 27.7 Å². The van der Waals surface area contributed by atoms with E-state index in [1.807, 2.05) is 18.2 Å². The average Bonchev–Trinajstić information content (AvgIpc) is 2.60. The van der Waals surface area contributed by atoms with Gasteiger partial charge in [0.25, 0.3) is 0 Å². The number of hydrogen-bond acceptors (Lipinski definition) is 3. The molecule has 24 heavy (non-hydrogen) atoms. The van der Waals surface area contributed by atoms with E-state index in [9.17, 15) is 0 Å². The molecule has 2 aromatic rings. The molecular weight excluding hydrogens is 300 g/mol. The van der Waals surface area contributed by atoms with E-state index in [2.05, 4.69) is 38.1 Å². The first kappa shape index (κ1) is 16.7. The van der Waals surface area contributed by atoms with Crippen LogP contribution in [0.4, 0.5) is 0 Å². The van der Waals surface area contributed by atoms with Crippen molar-refractivity contribution in [2.75, 3.05) is 14.2 Å². The molecule has 0 saturated heterocycles. The van der Waals surface area contributed by atoms with Crippen molar-refractivity contribution in [1.29, 1.82) is 0 Å². The van der Waals surface area contributed by atoms with Crippen LogP contribution in [0.3, 0.4) is 0 Å². The Bertz CT molecular complexity index is 679. The Hall–Kier alpha value is -2.16. The van der Waals surface area contributed by atoms with Crippen LogP contribution >= 0.6 is 0 Å². The van der Waals surface area contributed by atoms with Crippen molar-refractivity contribution in [1.82, 2.24) is 0 Å². The van der Waals surface area contributed by atoms with Gasteiger partial charge < -0.3 is 14.2 Å². The minimum Gasteiger partial charge on any atom is -0.496 e. The summed E-state index contributed by atoms with van der Waals surface area (Å²) in [5.74, 6) is 3.55. The van der Waals surface area contributed by atoms with Crippen molar-refractivity contribution in [3.63, 3.8) is 0 Å². The van der Waals surface area contributed by atoms with Gasteiger partial charge in [-0.25, -0.2) is 0 Å². The molecule has 0 aliphatic carbocycles. The minimum atomic E-state index is 0.0688. The lowest BCUT2D eigenvalue weighted by atomic mass is 9.81. The predicted molar refractivity (Wildman–Crippen MR) is 96.2 cm³/mol. The van der Waals surface area contributed by atoms with E-state index in [1.165, 1.54) is 11.1 Å². The first-order chi connectivity index (χ1) is 11.6. The van der Waals surface area contributed by atoms with Gasteiger partial charge in [-0.2, -0.15) is 0 Å². The van der Waals surface area contributed by atoms with Crippen molar-refractivity contribution in [2.45, 2.75) is 38.7 Å². The fraction of sp³-hybridized carbons (Fsp3) is 0.429. The minimum absolute atomic E-state index is 0.0688. The van der Waals surface area contributed by atoms with Gasteiger partial charge in [-0.15, -0.1) is 0 Å².